The van der Waals surface area contributed by atoms with E-state index in [0.717, 1.165) is 0 Å². The van der Waals surface area contributed by atoms with Crippen LogP contribution in [0, 0.1) is 5.92 Å². The van der Waals surface area contributed by atoms with Crippen LogP contribution in [-0.2, 0) is 18.6 Å². The van der Waals surface area contributed by atoms with Crippen molar-refractivity contribution in [2.24, 2.45) is 5.92 Å². The number of aromatic nitrogens is 1. The smallest absolute Gasteiger partial charge is 0.341 e. The molecule has 114 valence electrons. The number of halogens is 1. The fraction of sp³-hybridized carbons (Fsp3) is 0.417. The van der Waals surface area contributed by atoms with Crippen LogP contribution < -0.4 is 4.90 Å². The van der Waals surface area contributed by atoms with E-state index < -0.39 is 20.9 Å². The van der Waals surface area contributed by atoms with Gasteiger partial charge in [-0.05, 0) is 12.1 Å². The van der Waals surface area contributed by atoms with Gasteiger partial charge in [-0.3, -0.25) is 9.69 Å². The van der Waals surface area contributed by atoms with Crippen molar-refractivity contribution >= 4 is 37.4 Å². The molecule has 1 aromatic heterocycles. The molecule has 0 spiro atoms. The number of hydrogen-bond acceptors (Lipinski definition) is 6. The second-order valence-corrected chi connectivity index (χ2v) is 7.47. The van der Waals surface area contributed by atoms with E-state index in [0.29, 0.717) is 0 Å². The van der Waals surface area contributed by atoms with Crippen LogP contribution in [0.25, 0.3) is 0 Å². The summed E-state index contributed by atoms with van der Waals surface area (Å²) < 4.78 is 26.9. The summed E-state index contributed by atoms with van der Waals surface area (Å²) in [5.74, 6) is -1.46. The molecule has 1 aromatic rings. The number of amides is 1. The van der Waals surface area contributed by atoms with Gasteiger partial charge in [0.2, 0.25) is 15.0 Å². The third kappa shape index (κ3) is 3.70. The number of hydrogen-bond donors (Lipinski definition) is 0. The molecule has 2 heterocycles. The molecule has 1 amide bonds. The van der Waals surface area contributed by atoms with E-state index in [4.69, 9.17) is 10.7 Å². The maximum Gasteiger partial charge on any atom is 0.341 e. The first-order chi connectivity index (χ1) is 9.81. The topological polar surface area (TPSA) is 93.6 Å². The van der Waals surface area contributed by atoms with Crippen molar-refractivity contribution in [2.45, 2.75) is 6.42 Å². The molecule has 9 heteroatoms. The maximum atomic E-state index is 12.0. The minimum absolute atomic E-state index is 0.0448. The lowest BCUT2D eigenvalue weighted by Gasteiger charge is -2.17. The molecule has 0 radical (unpaired) electrons. The van der Waals surface area contributed by atoms with Crippen molar-refractivity contribution in [1.29, 1.82) is 0 Å². The molecule has 2 rings (SSSR count). The quantitative estimate of drug-likeness (QED) is 0.597. The van der Waals surface area contributed by atoms with E-state index in [1.807, 2.05) is 0 Å². The van der Waals surface area contributed by atoms with Crippen molar-refractivity contribution in [3.05, 3.63) is 23.9 Å². The van der Waals surface area contributed by atoms with Crippen LogP contribution >= 0.6 is 10.7 Å². The standard InChI is InChI=1S/C12H13ClN2O5S/c1-20-12(17)9-3-2-4-14-11(9)15-6-8(5-10(15)16)7-21(13,18)19/h2-4,8H,5-7H2,1H3. The van der Waals surface area contributed by atoms with Crippen LogP contribution in [0.1, 0.15) is 16.8 Å². The summed E-state index contributed by atoms with van der Waals surface area (Å²) in [6.45, 7) is 0.145. The molecular weight excluding hydrogens is 320 g/mol. The van der Waals surface area contributed by atoms with E-state index in [1.54, 1.807) is 6.07 Å². The molecule has 1 atom stereocenters. The Bertz CT molecular complexity index is 676. The number of pyridine rings is 1. The number of anilines is 1. The van der Waals surface area contributed by atoms with Crippen molar-refractivity contribution < 1.29 is 22.7 Å². The Kier molecular flexibility index (Phi) is 4.48. The lowest BCUT2D eigenvalue weighted by Crippen LogP contribution is -2.28. The Morgan fingerprint density at radius 2 is 2.29 bits per heavy atom. The first-order valence-corrected chi connectivity index (χ1v) is 8.55. The summed E-state index contributed by atoms with van der Waals surface area (Å²) in [4.78, 5) is 29.0. The van der Waals surface area contributed by atoms with Gasteiger partial charge in [-0.2, -0.15) is 0 Å². The highest BCUT2D eigenvalue weighted by atomic mass is 35.7. The zero-order valence-corrected chi connectivity index (χ0v) is 12.7. The SMILES string of the molecule is COC(=O)c1cccnc1N1CC(CS(=O)(=O)Cl)CC1=O. The minimum atomic E-state index is -3.69. The van der Waals surface area contributed by atoms with Crippen molar-refractivity contribution in [2.75, 3.05) is 24.3 Å². The molecule has 7 nitrogen and oxygen atoms in total. The van der Waals surface area contributed by atoms with Gasteiger partial charge in [-0.15, -0.1) is 0 Å². The van der Waals surface area contributed by atoms with Crippen LogP contribution in [-0.4, -0.2) is 44.7 Å². The lowest BCUT2D eigenvalue weighted by molar-refractivity contribution is -0.117. The predicted octanol–water partition coefficient (Wildman–Crippen LogP) is 0.790. The molecule has 1 saturated heterocycles. The summed E-state index contributed by atoms with van der Waals surface area (Å²) in [5, 5.41) is 0. The Balaban J connectivity index is 2.27. The third-order valence-electron chi connectivity index (χ3n) is 3.09. The summed E-state index contributed by atoms with van der Waals surface area (Å²) in [6, 6.07) is 3.05. The lowest BCUT2D eigenvalue weighted by atomic mass is 10.1. The van der Waals surface area contributed by atoms with Gasteiger partial charge in [0.1, 0.15) is 11.4 Å². The fourth-order valence-corrected chi connectivity index (χ4v) is 3.58. The number of esters is 1. The normalized spacial score (nSPS) is 18.9. The number of rotatable bonds is 4. The van der Waals surface area contributed by atoms with Crippen LogP contribution in [0.3, 0.4) is 0 Å². The molecule has 0 aromatic carbocycles. The largest absolute Gasteiger partial charge is 0.465 e. The number of ether oxygens (including phenoxy) is 1. The molecule has 0 bridgehead atoms. The van der Waals surface area contributed by atoms with Gasteiger partial charge < -0.3 is 4.74 Å². The van der Waals surface area contributed by atoms with Crippen molar-refractivity contribution in [3.63, 3.8) is 0 Å². The number of carbonyl (C=O) groups excluding carboxylic acids is 2. The molecule has 1 aliphatic rings. The second-order valence-electron chi connectivity index (χ2n) is 4.65. The van der Waals surface area contributed by atoms with Crippen molar-refractivity contribution in [1.82, 2.24) is 4.98 Å². The molecule has 1 unspecified atom stereocenters. The number of carbonyl (C=O) groups is 2. The molecular formula is C12H13ClN2O5S. The second kappa shape index (κ2) is 5.98. The van der Waals surface area contributed by atoms with Crippen LogP contribution in [0.5, 0.6) is 0 Å². The third-order valence-corrected chi connectivity index (χ3v) is 4.34. The molecule has 0 saturated carbocycles. The Labute approximate surface area is 126 Å². The monoisotopic (exact) mass is 332 g/mol. The molecule has 1 aliphatic heterocycles. The predicted molar refractivity (Wildman–Crippen MR) is 75.7 cm³/mol. The molecule has 1 fully saturated rings. The van der Waals surface area contributed by atoms with Gasteiger partial charge in [0, 0.05) is 35.8 Å². The van der Waals surface area contributed by atoms with Crippen molar-refractivity contribution in [3.8, 4) is 0 Å². The van der Waals surface area contributed by atoms with Crippen LogP contribution in [0.2, 0.25) is 0 Å². The average molecular weight is 333 g/mol. The fourth-order valence-electron chi connectivity index (χ4n) is 2.26. The van der Waals surface area contributed by atoms with Gasteiger partial charge in [-0.25, -0.2) is 18.2 Å². The van der Waals surface area contributed by atoms with E-state index >= 15 is 0 Å². The zero-order valence-electron chi connectivity index (χ0n) is 11.2. The van der Waals surface area contributed by atoms with Gasteiger partial charge in [-0.1, -0.05) is 0 Å². The maximum absolute atomic E-state index is 12.0. The number of nitrogens with zero attached hydrogens (tertiary/aromatic N) is 2. The van der Waals surface area contributed by atoms with Gasteiger partial charge >= 0.3 is 5.97 Å². The Hall–Kier alpha value is -1.67. The Morgan fingerprint density at radius 1 is 1.57 bits per heavy atom. The average Bonchev–Trinajstić information content (AvgIpc) is 2.76. The molecule has 0 N–H and O–H groups in total. The highest BCUT2D eigenvalue weighted by Crippen LogP contribution is 2.27. The minimum Gasteiger partial charge on any atom is -0.465 e. The van der Waals surface area contributed by atoms with Gasteiger partial charge in [0.15, 0.2) is 0 Å². The highest BCUT2D eigenvalue weighted by molar-refractivity contribution is 8.13. The van der Waals surface area contributed by atoms with Gasteiger partial charge in [0.05, 0.1) is 12.9 Å². The first kappa shape index (κ1) is 15.7. The van der Waals surface area contributed by atoms with E-state index in [9.17, 15) is 18.0 Å². The Morgan fingerprint density at radius 3 is 2.90 bits per heavy atom. The van der Waals surface area contributed by atoms with Crippen LogP contribution in [0.15, 0.2) is 18.3 Å². The summed E-state index contributed by atoms with van der Waals surface area (Å²) in [6.07, 6.45) is 1.49. The van der Waals surface area contributed by atoms with E-state index in [2.05, 4.69) is 9.72 Å². The summed E-state index contributed by atoms with van der Waals surface area (Å²) in [5.41, 5.74) is 0.155. The van der Waals surface area contributed by atoms with Crippen LogP contribution in [0.4, 0.5) is 5.82 Å². The summed E-state index contributed by atoms with van der Waals surface area (Å²) >= 11 is 0. The first-order valence-electron chi connectivity index (χ1n) is 6.08. The summed E-state index contributed by atoms with van der Waals surface area (Å²) in [7, 11) is 2.76. The van der Waals surface area contributed by atoms with E-state index in [-0.39, 0.29) is 36.0 Å². The van der Waals surface area contributed by atoms with E-state index in [1.165, 1.54) is 24.3 Å². The van der Waals surface area contributed by atoms with Gasteiger partial charge in [0.25, 0.3) is 0 Å². The number of methoxy groups -OCH3 is 1. The molecule has 21 heavy (non-hydrogen) atoms. The highest BCUT2D eigenvalue weighted by Gasteiger charge is 2.35. The zero-order chi connectivity index (χ0) is 15.6. The molecule has 0 aliphatic carbocycles.